The lowest BCUT2D eigenvalue weighted by Gasteiger charge is -2.31. The molecule has 1 N–H and O–H groups in total. The van der Waals surface area contributed by atoms with Crippen LogP contribution in [-0.2, 0) is 24.3 Å². The second kappa shape index (κ2) is 8.76. The van der Waals surface area contributed by atoms with Crippen LogP contribution in [0.2, 0.25) is 0 Å². The van der Waals surface area contributed by atoms with Gasteiger partial charge in [-0.05, 0) is 48.1 Å². The van der Waals surface area contributed by atoms with Gasteiger partial charge in [-0.1, -0.05) is 50.2 Å². The van der Waals surface area contributed by atoms with Gasteiger partial charge in [0.1, 0.15) is 6.54 Å². The molecule has 2 heterocycles. The van der Waals surface area contributed by atoms with E-state index in [2.05, 4.69) is 41.2 Å². The molecule has 0 saturated heterocycles. The summed E-state index contributed by atoms with van der Waals surface area (Å²) in [6, 6.07) is 17.6. The van der Waals surface area contributed by atoms with Gasteiger partial charge in [-0.15, -0.1) is 0 Å². The highest BCUT2D eigenvalue weighted by Crippen LogP contribution is 2.23. The Kier molecular flexibility index (Phi) is 5.89. The maximum Gasteiger partial charge on any atom is 0.255 e. The summed E-state index contributed by atoms with van der Waals surface area (Å²) in [4.78, 5) is 32.2. The van der Waals surface area contributed by atoms with E-state index in [1.165, 1.54) is 27.3 Å². The van der Waals surface area contributed by atoms with E-state index in [-0.39, 0.29) is 18.0 Å². The molecule has 160 valence electrons. The zero-order valence-electron chi connectivity index (χ0n) is 18.3. The molecule has 0 aliphatic carbocycles. The maximum absolute atomic E-state index is 12.8. The quantitative estimate of drug-likeness (QED) is 0.686. The lowest BCUT2D eigenvalue weighted by molar-refractivity contribution is -0.116. The van der Waals surface area contributed by atoms with Crippen molar-refractivity contribution in [2.45, 2.75) is 46.2 Å². The lowest BCUT2D eigenvalue weighted by atomic mass is 10.0. The van der Waals surface area contributed by atoms with E-state index in [4.69, 9.17) is 0 Å². The Morgan fingerprint density at radius 3 is 2.52 bits per heavy atom. The Morgan fingerprint density at radius 2 is 1.81 bits per heavy atom. The number of rotatable bonds is 5. The molecule has 1 aromatic heterocycles. The smallest absolute Gasteiger partial charge is 0.255 e. The third-order valence-corrected chi connectivity index (χ3v) is 5.69. The Balaban J connectivity index is 1.56. The van der Waals surface area contributed by atoms with Gasteiger partial charge in [-0.3, -0.25) is 14.2 Å². The van der Waals surface area contributed by atoms with Crippen LogP contribution in [0, 0.1) is 6.92 Å². The number of hydrogen-bond donors (Lipinski definition) is 1. The van der Waals surface area contributed by atoms with Crippen molar-refractivity contribution >= 4 is 17.5 Å². The average Bonchev–Trinajstić information content (AvgIpc) is 2.75. The molecule has 3 aromatic rings. The normalized spacial score (nSPS) is 13.2. The number of amides is 1. The number of hydrogen-bond acceptors (Lipinski definition) is 4. The average molecular weight is 417 g/mol. The Morgan fingerprint density at radius 1 is 1.10 bits per heavy atom. The fourth-order valence-electron chi connectivity index (χ4n) is 3.96. The predicted octanol–water partition coefficient (Wildman–Crippen LogP) is 3.88. The summed E-state index contributed by atoms with van der Waals surface area (Å²) in [5.41, 5.74) is 4.92. The van der Waals surface area contributed by atoms with Crippen molar-refractivity contribution in [2.75, 3.05) is 16.8 Å². The number of carbonyl (C=O) groups excluding carboxylic acids is 1. The zero-order valence-corrected chi connectivity index (χ0v) is 18.3. The molecule has 0 unspecified atom stereocenters. The molecule has 0 radical (unpaired) electrons. The highest BCUT2D eigenvalue weighted by atomic mass is 16.2. The van der Waals surface area contributed by atoms with E-state index in [1.54, 1.807) is 0 Å². The minimum atomic E-state index is -0.247. The maximum atomic E-state index is 12.8. The van der Waals surface area contributed by atoms with Gasteiger partial charge >= 0.3 is 0 Å². The molecule has 0 atom stereocenters. The van der Waals surface area contributed by atoms with Gasteiger partial charge in [0.05, 0.1) is 0 Å². The molecule has 31 heavy (non-hydrogen) atoms. The van der Waals surface area contributed by atoms with Gasteiger partial charge in [0, 0.05) is 30.5 Å². The number of carbonyl (C=O) groups is 1. The summed E-state index contributed by atoms with van der Waals surface area (Å²) < 4.78 is 1.47. The largest absolute Gasteiger partial charge is 0.337 e. The third kappa shape index (κ3) is 4.68. The molecule has 0 spiro atoms. The van der Waals surface area contributed by atoms with E-state index < -0.39 is 0 Å². The first kappa shape index (κ1) is 20.8. The van der Waals surface area contributed by atoms with Gasteiger partial charge in [-0.25, -0.2) is 4.98 Å². The fourth-order valence-corrected chi connectivity index (χ4v) is 3.96. The number of fused-ring (bicyclic) bond motifs is 1. The van der Waals surface area contributed by atoms with Gasteiger partial charge in [0.15, 0.2) is 0 Å². The van der Waals surface area contributed by atoms with E-state index in [0.29, 0.717) is 24.1 Å². The Labute approximate surface area is 182 Å². The summed E-state index contributed by atoms with van der Waals surface area (Å²) >= 11 is 0. The topological polar surface area (TPSA) is 67.2 Å². The van der Waals surface area contributed by atoms with Crippen molar-refractivity contribution in [1.29, 1.82) is 0 Å². The minimum Gasteiger partial charge on any atom is -0.337 e. The van der Waals surface area contributed by atoms with Crippen molar-refractivity contribution in [3.05, 3.63) is 87.3 Å². The van der Waals surface area contributed by atoms with Crippen LogP contribution in [0.1, 0.15) is 42.1 Å². The fraction of sp³-hybridized carbons (Fsp3) is 0.320. The first-order valence-corrected chi connectivity index (χ1v) is 10.7. The van der Waals surface area contributed by atoms with Crippen LogP contribution in [-0.4, -0.2) is 22.0 Å². The molecule has 1 aliphatic heterocycles. The number of nitrogens with one attached hydrogen (secondary N) is 1. The highest BCUT2D eigenvalue weighted by Gasteiger charge is 2.22. The molecule has 0 fully saturated rings. The summed E-state index contributed by atoms with van der Waals surface area (Å²) in [7, 11) is 0. The van der Waals surface area contributed by atoms with E-state index in [1.807, 2.05) is 43.3 Å². The summed E-state index contributed by atoms with van der Waals surface area (Å²) in [6.07, 6.45) is 0.883. The second-order valence-electron chi connectivity index (χ2n) is 8.39. The van der Waals surface area contributed by atoms with Crippen LogP contribution < -0.4 is 15.8 Å². The zero-order chi connectivity index (χ0) is 22.0. The van der Waals surface area contributed by atoms with Crippen LogP contribution in [0.5, 0.6) is 0 Å². The highest BCUT2D eigenvalue weighted by molar-refractivity contribution is 5.90. The molecule has 0 bridgehead atoms. The molecule has 1 aliphatic rings. The SMILES string of the molecule is Cc1cc(=O)n(CC(=O)Nc2ccc(C(C)C)cc2)c(N2CCc3ccccc3C2)n1. The molecule has 2 aromatic carbocycles. The van der Waals surface area contributed by atoms with Crippen molar-refractivity contribution in [2.24, 2.45) is 0 Å². The van der Waals surface area contributed by atoms with Gasteiger partial charge in [0.25, 0.3) is 5.56 Å². The van der Waals surface area contributed by atoms with Crippen LogP contribution >= 0.6 is 0 Å². The predicted molar refractivity (Wildman–Crippen MR) is 124 cm³/mol. The molecule has 0 saturated carbocycles. The van der Waals surface area contributed by atoms with Gasteiger partial charge in [0.2, 0.25) is 11.9 Å². The van der Waals surface area contributed by atoms with Crippen LogP contribution in [0.3, 0.4) is 0 Å². The Bertz CT molecular complexity index is 1150. The summed E-state index contributed by atoms with van der Waals surface area (Å²) in [5, 5.41) is 2.90. The number of aromatic nitrogens is 2. The number of anilines is 2. The molecular weight excluding hydrogens is 388 g/mol. The number of aryl methyl sites for hydroxylation is 1. The molecule has 1 amide bonds. The molecule has 6 heteroatoms. The minimum absolute atomic E-state index is 0.0779. The molecule has 6 nitrogen and oxygen atoms in total. The number of benzene rings is 2. The van der Waals surface area contributed by atoms with Gasteiger partial charge < -0.3 is 10.2 Å². The Hall–Kier alpha value is -3.41. The summed E-state index contributed by atoms with van der Waals surface area (Å²) in [5.74, 6) is 0.729. The van der Waals surface area contributed by atoms with Crippen molar-refractivity contribution < 1.29 is 4.79 Å². The first-order valence-electron chi connectivity index (χ1n) is 10.7. The lowest BCUT2D eigenvalue weighted by Crippen LogP contribution is -2.38. The van der Waals surface area contributed by atoms with Gasteiger partial charge in [-0.2, -0.15) is 0 Å². The monoisotopic (exact) mass is 416 g/mol. The third-order valence-electron chi connectivity index (χ3n) is 5.69. The number of nitrogens with zero attached hydrogens (tertiary/aromatic N) is 3. The van der Waals surface area contributed by atoms with E-state index in [0.717, 1.165) is 18.7 Å². The first-order chi connectivity index (χ1) is 14.9. The van der Waals surface area contributed by atoms with Crippen molar-refractivity contribution in [3.63, 3.8) is 0 Å². The van der Waals surface area contributed by atoms with Crippen molar-refractivity contribution in [1.82, 2.24) is 9.55 Å². The van der Waals surface area contributed by atoms with Crippen molar-refractivity contribution in [3.8, 4) is 0 Å². The van der Waals surface area contributed by atoms with Crippen LogP contribution in [0.15, 0.2) is 59.4 Å². The van der Waals surface area contributed by atoms with E-state index in [9.17, 15) is 9.59 Å². The molecular formula is C25H28N4O2. The second-order valence-corrected chi connectivity index (χ2v) is 8.39. The molecule has 4 rings (SSSR count). The summed E-state index contributed by atoms with van der Waals surface area (Å²) in [6.45, 7) is 7.42. The van der Waals surface area contributed by atoms with Crippen LogP contribution in [0.4, 0.5) is 11.6 Å². The standard InChI is InChI=1S/C25H28N4O2/c1-17(2)19-8-10-22(11-9-19)27-23(30)16-29-24(31)14-18(3)26-25(29)28-13-12-20-6-4-5-7-21(20)15-28/h4-11,14,17H,12-13,15-16H2,1-3H3,(H,27,30). The van der Waals surface area contributed by atoms with E-state index >= 15 is 0 Å². The van der Waals surface area contributed by atoms with Crippen LogP contribution in [0.25, 0.3) is 0 Å².